The molecule has 0 aliphatic carbocycles. The van der Waals surface area contributed by atoms with Crippen LogP contribution in [0.1, 0.15) is 17.9 Å². The van der Waals surface area contributed by atoms with Crippen molar-refractivity contribution in [3.05, 3.63) is 29.6 Å². The predicted molar refractivity (Wildman–Crippen MR) is 61.0 cm³/mol. The first-order valence-electron chi connectivity index (χ1n) is 5.36. The molecule has 1 aliphatic heterocycles. The minimum Gasteiger partial charge on any atom is -0.377 e. The van der Waals surface area contributed by atoms with Gasteiger partial charge in [-0.2, -0.15) is 0 Å². The lowest BCUT2D eigenvalue weighted by Crippen LogP contribution is -2.15. The van der Waals surface area contributed by atoms with Crippen LogP contribution in [0, 0.1) is 5.82 Å². The van der Waals surface area contributed by atoms with Crippen LogP contribution in [0.25, 0.3) is 0 Å². The second-order valence-electron chi connectivity index (χ2n) is 4.29. The number of halogens is 1. The summed E-state index contributed by atoms with van der Waals surface area (Å²) in [6.07, 6.45) is 1.15. The van der Waals surface area contributed by atoms with Crippen LogP contribution >= 0.6 is 0 Å². The topological polar surface area (TPSA) is 15.3 Å². The number of nitrogens with one attached hydrogen (secondary N) is 1. The van der Waals surface area contributed by atoms with E-state index in [9.17, 15) is 4.39 Å². The number of hydrogen-bond acceptors (Lipinski definition) is 2. The van der Waals surface area contributed by atoms with Crippen LogP contribution in [0.15, 0.2) is 18.2 Å². The maximum Gasteiger partial charge on any atom is 0.125 e. The Balaban J connectivity index is 2.36. The van der Waals surface area contributed by atoms with Gasteiger partial charge in [-0.1, -0.05) is 6.07 Å². The van der Waals surface area contributed by atoms with E-state index >= 15 is 0 Å². The lowest BCUT2D eigenvalue weighted by molar-refractivity contribution is 0.625. The first-order valence-corrected chi connectivity index (χ1v) is 5.36. The van der Waals surface area contributed by atoms with Gasteiger partial charge in [0.05, 0.1) is 0 Å². The molecule has 15 heavy (non-hydrogen) atoms. The van der Waals surface area contributed by atoms with Gasteiger partial charge in [0.15, 0.2) is 0 Å². The van der Waals surface area contributed by atoms with E-state index in [4.69, 9.17) is 0 Å². The fourth-order valence-electron chi connectivity index (χ4n) is 2.17. The summed E-state index contributed by atoms with van der Waals surface area (Å²) in [6.45, 7) is 2.07. The third kappa shape index (κ3) is 2.12. The van der Waals surface area contributed by atoms with E-state index in [0.29, 0.717) is 5.92 Å². The highest BCUT2D eigenvalue weighted by molar-refractivity contribution is 5.54. The molecule has 1 heterocycles. The van der Waals surface area contributed by atoms with Crippen molar-refractivity contribution in [2.45, 2.75) is 12.3 Å². The highest BCUT2D eigenvalue weighted by Gasteiger charge is 2.20. The number of hydrogen-bond donors (Lipinski definition) is 1. The van der Waals surface area contributed by atoms with Crippen LogP contribution < -0.4 is 10.2 Å². The van der Waals surface area contributed by atoms with Gasteiger partial charge in [-0.25, -0.2) is 4.39 Å². The molecule has 0 saturated carbocycles. The van der Waals surface area contributed by atoms with Gasteiger partial charge in [0.1, 0.15) is 5.82 Å². The fraction of sp³-hybridized carbons (Fsp3) is 0.500. The molecule has 2 rings (SSSR count). The summed E-state index contributed by atoms with van der Waals surface area (Å²) in [7, 11) is 3.92. The lowest BCUT2D eigenvalue weighted by atomic mass is 9.96. The van der Waals surface area contributed by atoms with Gasteiger partial charge in [0.25, 0.3) is 0 Å². The quantitative estimate of drug-likeness (QED) is 0.799. The van der Waals surface area contributed by atoms with Gasteiger partial charge < -0.3 is 10.2 Å². The molecule has 0 radical (unpaired) electrons. The molecule has 1 unspecified atom stereocenters. The Kier molecular flexibility index (Phi) is 2.91. The van der Waals surface area contributed by atoms with Crippen molar-refractivity contribution < 1.29 is 4.39 Å². The predicted octanol–water partition coefficient (Wildman–Crippen LogP) is 1.97. The Hall–Kier alpha value is -1.09. The SMILES string of the molecule is CN(C)c1cc(F)ccc1C1CCNC1. The van der Waals surface area contributed by atoms with Crippen LogP contribution in [-0.2, 0) is 0 Å². The molecular formula is C12H17FN2. The van der Waals surface area contributed by atoms with E-state index < -0.39 is 0 Å². The minimum absolute atomic E-state index is 0.159. The average molecular weight is 208 g/mol. The Bertz CT molecular complexity index is 343. The van der Waals surface area contributed by atoms with Crippen LogP contribution in [0.3, 0.4) is 0 Å². The van der Waals surface area contributed by atoms with E-state index in [1.807, 2.05) is 25.1 Å². The molecule has 1 aromatic carbocycles. The standard InChI is InChI=1S/C12H17FN2/c1-15(2)12-7-10(13)3-4-11(12)9-5-6-14-8-9/h3-4,7,9,14H,5-6,8H2,1-2H3. The molecular weight excluding hydrogens is 191 g/mol. The van der Waals surface area contributed by atoms with Crippen molar-refractivity contribution in [3.8, 4) is 0 Å². The maximum absolute atomic E-state index is 13.2. The van der Waals surface area contributed by atoms with Crippen LogP contribution in [0.2, 0.25) is 0 Å². The summed E-state index contributed by atoms with van der Waals surface area (Å²) >= 11 is 0. The zero-order chi connectivity index (χ0) is 10.8. The molecule has 1 atom stereocenters. The van der Waals surface area contributed by atoms with E-state index in [2.05, 4.69) is 5.32 Å². The highest BCUT2D eigenvalue weighted by atomic mass is 19.1. The third-order valence-corrected chi connectivity index (χ3v) is 2.97. The van der Waals surface area contributed by atoms with Crippen molar-refractivity contribution in [1.82, 2.24) is 5.32 Å². The fourth-order valence-corrected chi connectivity index (χ4v) is 2.17. The van der Waals surface area contributed by atoms with Gasteiger partial charge in [0, 0.05) is 26.3 Å². The van der Waals surface area contributed by atoms with E-state index in [1.54, 1.807) is 12.1 Å². The summed E-state index contributed by atoms with van der Waals surface area (Å²) in [5, 5.41) is 3.34. The number of benzene rings is 1. The van der Waals surface area contributed by atoms with Gasteiger partial charge in [-0.15, -0.1) is 0 Å². The molecule has 0 aromatic heterocycles. The van der Waals surface area contributed by atoms with Gasteiger partial charge in [-0.05, 0) is 36.6 Å². The molecule has 0 spiro atoms. The van der Waals surface area contributed by atoms with Crippen molar-refractivity contribution in [2.24, 2.45) is 0 Å². The largest absolute Gasteiger partial charge is 0.377 e. The molecule has 1 aromatic rings. The molecule has 3 heteroatoms. The lowest BCUT2D eigenvalue weighted by Gasteiger charge is -2.20. The normalized spacial score (nSPS) is 20.6. The summed E-state index contributed by atoms with van der Waals surface area (Å²) in [4.78, 5) is 1.98. The third-order valence-electron chi connectivity index (χ3n) is 2.97. The second kappa shape index (κ2) is 4.19. The number of anilines is 1. The zero-order valence-electron chi connectivity index (χ0n) is 9.26. The summed E-state index contributed by atoms with van der Waals surface area (Å²) in [5.41, 5.74) is 2.26. The monoisotopic (exact) mass is 208 g/mol. The molecule has 1 N–H and O–H groups in total. The van der Waals surface area contributed by atoms with Crippen LogP contribution in [-0.4, -0.2) is 27.2 Å². The summed E-state index contributed by atoms with van der Waals surface area (Å²) in [6, 6.07) is 5.09. The van der Waals surface area contributed by atoms with E-state index in [1.165, 1.54) is 5.56 Å². The van der Waals surface area contributed by atoms with E-state index in [0.717, 1.165) is 25.2 Å². The maximum atomic E-state index is 13.2. The first kappa shape index (κ1) is 10.4. The Morgan fingerprint density at radius 1 is 1.40 bits per heavy atom. The van der Waals surface area contributed by atoms with Gasteiger partial charge >= 0.3 is 0 Å². The molecule has 1 aliphatic rings. The molecule has 1 saturated heterocycles. The van der Waals surface area contributed by atoms with Crippen molar-refractivity contribution in [2.75, 3.05) is 32.1 Å². The molecule has 0 amide bonds. The Morgan fingerprint density at radius 3 is 2.80 bits per heavy atom. The van der Waals surface area contributed by atoms with E-state index in [-0.39, 0.29) is 5.82 Å². The highest BCUT2D eigenvalue weighted by Crippen LogP contribution is 2.31. The van der Waals surface area contributed by atoms with Gasteiger partial charge in [-0.3, -0.25) is 0 Å². The number of rotatable bonds is 2. The summed E-state index contributed by atoms with van der Waals surface area (Å²) < 4.78 is 13.2. The van der Waals surface area contributed by atoms with Gasteiger partial charge in [0.2, 0.25) is 0 Å². The number of nitrogens with zero attached hydrogens (tertiary/aromatic N) is 1. The van der Waals surface area contributed by atoms with Crippen LogP contribution in [0.4, 0.5) is 10.1 Å². The molecule has 0 bridgehead atoms. The molecule has 2 nitrogen and oxygen atoms in total. The average Bonchev–Trinajstić information content (AvgIpc) is 2.70. The smallest absolute Gasteiger partial charge is 0.125 e. The van der Waals surface area contributed by atoms with Crippen molar-refractivity contribution in [1.29, 1.82) is 0 Å². The minimum atomic E-state index is -0.159. The first-order chi connectivity index (χ1) is 7.18. The van der Waals surface area contributed by atoms with Crippen molar-refractivity contribution >= 4 is 5.69 Å². The molecule has 1 fully saturated rings. The second-order valence-corrected chi connectivity index (χ2v) is 4.29. The van der Waals surface area contributed by atoms with Crippen LogP contribution in [0.5, 0.6) is 0 Å². The Labute approximate surface area is 90.1 Å². The Morgan fingerprint density at radius 2 is 2.20 bits per heavy atom. The van der Waals surface area contributed by atoms with Crippen molar-refractivity contribution in [3.63, 3.8) is 0 Å². The zero-order valence-corrected chi connectivity index (χ0v) is 9.26. The summed E-state index contributed by atoms with van der Waals surface area (Å²) in [5.74, 6) is 0.372. The molecule has 82 valence electrons.